The van der Waals surface area contributed by atoms with Gasteiger partial charge in [-0.3, -0.25) is 0 Å². The summed E-state index contributed by atoms with van der Waals surface area (Å²) >= 11 is 0. The minimum atomic E-state index is -0.445. The molecule has 1 atom stereocenters. The van der Waals surface area contributed by atoms with E-state index in [4.69, 9.17) is 15.2 Å². The molecule has 166 valence electrons. The third-order valence-electron chi connectivity index (χ3n) is 5.88. The molecule has 3 aromatic carbocycles. The van der Waals surface area contributed by atoms with E-state index in [2.05, 4.69) is 39.0 Å². The Bertz CT molecular complexity index is 1290. The molecule has 1 aliphatic rings. The first-order valence-corrected chi connectivity index (χ1v) is 10.8. The number of nitrogens with zero attached hydrogens (tertiary/aromatic N) is 1. The molecule has 0 aliphatic carbocycles. The Morgan fingerprint density at radius 2 is 1.76 bits per heavy atom. The molecule has 0 saturated heterocycles. The molecule has 3 aromatic rings. The lowest BCUT2D eigenvalue weighted by Gasteiger charge is -2.27. The number of hydrogen-bond acceptors (Lipinski definition) is 5. The van der Waals surface area contributed by atoms with Crippen LogP contribution in [0.5, 0.6) is 11.5 Å². The molecule has 5 heteroatoms. The second-order valence-corrected chi connectivity index (χ2v) is 9.20. The van der Waals surface area contributed by atoms with Crippen molar-refractivity contribution in [3.05, 3.63) is 106 Å². The molecule has 0 radical (unpaired) electrons. The molecule has 0 saturated carbocycles. The predicted octanol–water partition coefficient (Wildman–Crippen LogP) is 5.73. The van der Waals surface area contributed by atoms with Crippen molar-refractivity contribution in [3.63, 3.8) is 0 Å². The Balaban J connectivity index is 1.69. The van der Waals surface area contributed by atoms with E-state index in [1.807, 2.05) is 37.3 Å². The van der Waals surface area contributed by atoms with E-state index in [0.717, 1.165) is 16.7 Å². The standard InChI is InChI=1S/C28H26N2O3/c1-17-7-5-6-8-21(17)27(31)32-20-13-14-22-24(15-20)33-26(30)23(16-29)25(22)18-9-11-19(12-10-18)28(2,3)4/h5-15,25H,30H2,1-4H3. The highest BCUT2D eigenvalue weighted by Crippen LogP contribution is 2.43. The lowest BCUT2D eigenvalue weighted by molar-refractivity contribution is 0.0733. The van der Waals surface area contributed by atoms with Gasteiger partial charge in [-0.15, -0.1) is 0 Å². The summed E-state index contributed by atoms with van der Waals surface area (Å²) in [5.41, 5.74) is 10.8. The Morgan fingerprint density at radius 3 is 2.39 bits per heavy atom. The van der Waals surface area contributed by atoms with E-state index in [9.17, 15) is 10.1 Å². The summed E-state index contributed by atoms with van der Waals surface area (Å²) in [4.78, 5) is 12.6. The number of rotatable bonds is 3. The third-order valence-corrected chi connectivity index (χ3v) is 5.88. The highest BCUT2D eigenvalue weighted by molar-refractivity contribution is 5.92. The van der Waals surface area contributed by atoms with Gasteiger partial charge < -0.3 is 15.2 Å². The van der Waals surface area contributed by atoms with Crippen molar-refractivity contribution >= 4 is 5.97 Å². The van der Waals surface area contributed by atoms with Crippen molar-refractivity contribution < 1.29 is 14.3 Å². The second kappa shape index (κ2) is 8.48. The molecule has 33 heavy (non-hydrogen) atoms. The van der Waals surface area contributed by atoms with Gasteiger partial charge in [0.1, 0.15) is 23.1 Å². The van der Waals surface area contributed by atoms with Gasteiger partial charge >= 0.3 is 5.97 Å². The van der Waals surface area contributed by atoms with Crippen LogP contribution in [0.15, 0.2) is 78.2 Å². The van der Waals surface area contributed by atoms with Crippen LogP contribution >= 0.6 is 0 Å². The summed E-state index contributed by atoms with van der Waals surface area (Å²) in [5.74, 6) is 0.0501. The lowest BCUT2D eigenvalue weighted by Crippen LogP contribution is -2.21. The van der Waals surface area contributed by atoms with Crippen molar-refractivity contribution in [3.8, 4) is 17.6 Å². The molecule has 5 nitrogen and oxygen atoms in total. The highest BCUT2D eigenvalue weighted by Gasteiger charge is 2.31. The highest BCUT2D eigenvalue weighted by atomic mass is 16.5. The van der Waals surface area contributed by atoms with Gasteiger partial charge in [-0.25, -0.2) is 4.79 Å². The average Bonchev–Trinajstić information content (AvgIpc) is 2.77. The topological polar surface area (TPSA) is 85.3 Å². The quantitative estimate of drug-likeness (QED) is 0.417. The van der Waals surface area contributed by atoms with Gasteiger partial charge in [-0.1, -0.05) is 69.3 Å². The van der Waals surface area contributed by atoms with Crippen molar-refractivity contribution in [2.45, 2.75) is 39.0 Å². The summed E-state index contributed by atoms with van der Waals surface area (Å²) < 4.78 is 11.3. The summed E-state index contributed by atoms with van der Waals surface area (Å²) in [6, 6.07) is 22.8. The van der Waals surface area contributed by atoms with Crippen LogP contribution in [0.4, 0.5) is 0 Å². The number of nitrogens with two attached hydrogens (primary N) is 1. The average molecular weight is 439 g/mol. The molecule has 2 N–H and O–H groups in total. The fourth-order valence-corrected chi connectivity index (χ4v) is 3.98. The Kier molecular flexibility index (Phi) is 5.69. The predicted molar refractivity (Wildman–Crippen MR) is 127 cm³/mol. The SMILES string of the molecule is Cc1ccccc1C(=O)Oc1ccc2c(c1)OC(N)=C(C#N)C2c1ccc(C(C)(C)C)cc1. The van der Waals surface area contributed by atoms with Crippen LogP contribution < -0.4 is 15.2 Å². The first-order valence-electron chi connectivity index (χ1n) is 10.8. The van der Waals surface area contributed by atoms with Gasteiger partial charge in [0.25, 0.3) is 0 Å². The number of aryl methyl sites for hydroxylation is 1. The fraction of sp³-hybridized carbons (Fsp3) is 0.214. The molecule has 1 heterocycles. The van der Waals surface area contributed by atoms with Gasteiger partial charge in [-0.2, -0.15) is 5.26 Å². The monoisotopic (exact) mass is 438 g/mol. The first kappa shape index (κ1) is 22.2. The zero-order valence-corrected chi connectivity index (χ0v) is 19.2. The number of benzene rings is 3. The van der Waals surface area contributed by atoms with E-state index in [1.54, 1.807) is 24.3 Å². The van der Waals surface area contributed by atoms with Crippen molar-refractivity contribution in [1.29, 1.82) is 5.26 Å². The van der Waals surface area contributed by atoms with Crippen molar-refractivity contribution in [2.75, 3.05) is 0 Å². The maximum Gasteiger partial charge on any atom is 0.343 e. The number of carbonyl (C=O) groups excluding carboxylic acids is 1. The van der Waals surface area contributed by atoms with Gasteiger partial charge in [0.15, 0.2) is 0 Å². The van der Waals surface area contributed by atoms with Gasteiger partial charge in [0.2, 0.25) is 5.88 Å². The third kappa shape index (κ3) is 4.33. The van der Waals surface area contributed by atoms with Gasteiger partial charge in [0.05, 0.1) is 11.5 Å². The Labute approximate surface area is 194 Å². The second-order valence-electron chi connectivity index (χ2n) is 9.20. The van der Waals surface area contributed by atoms with Gasteiger partial charge in [0, 0.05) is 11.6 Å². The molecular formula is C28H26N2O3. The molecule has 0 spiro atoms. The van der Waals surface area contributed by atoms with E-state index in [-0.39, 0.29) is 17.2 Å². The number of carbonyl (C=O) groups is 1. The number of fused-ring (bicyclic) bond motifs is 1. The molecule has 4 rings (SSSR count). The van der Waals surface area contributed by atoms with Crippen molar-refractivity contribution in [2.24, 2.45) is 5.73 Å². The van der Waals surface area contributed by atoms with Crippen LogP contribution in [0.3, 0.4) is 0 Å². The fourth-order valence-electron chi connectivity index (χ4n) is 3.98. The molecule has 1 unspecified atom stereocenters. The van der Waals surface area contributed by atoms with Crippen LogP contribution in [-0.2, 0) is 5.41 Å². The molecule has 0 bridgehead atoms. The number of allylic oxidation sites excluding steroid dienone is 1. The molecular weight excluding hydrogens is 412 g/mol. The normalized spacial score (nSPS) is 15.3. The summed E-state index contributed by atoms with van der Waals surface area (Å²) in [6.07, 6.45) is 0. The van der Waals surface area contributed by atoms with E-state index < -0.39 is 5.97 Å². The van der Waals surface area contributed by atoms with Crippen molar-refractivity contribution in [1.82, 2.24) is 0 Å². The Hall–Kier alpha value is -4.04. The maximum atomic E-state index is 12.6. The lowest BCUT2D eigenvalue weighted by atomic mass is 9.81. The Morgan fingerprint density at radius 1 is 1.06 bits per heavy atom. The minimum Gasteiger partial charge on any atom is -0.440 e. The molecule has 0 aromatic heterocycles. The number of nitriles is 1. The van der Waals surface area contributed by atoms with E-state index in [0.29, 0.717) is 22.6 Å². The van der Waals surface area contributed by atoms with Crippen LogP contribution in [0.2, 0.25) is 0 Å². The maximum absolute atomic E-state index is 12.6. The number of hydrogen-bond donors (Lipinski definition) is 1. The molecule has 0 fully saturated rings. The largest absolute Gasteiger partial charge is 0.440 e. The van der Waals surface area contributed by atoms with Crippen LogP contribution in [0.1, 0.15) is 59.3 Å². The zero-order chi connectivity index (χ0) is 23.8. The number of ether oxygens (including phenoxy) is 2. The summed E-state index contributed by atoms with van der Waals surface area (Å²) in [5, 5.41) is 9.79. The van der Waals surface area contributed by atoms with E-state index in [1.165, 1.54) is 5.56 Å². The summed E-state index contributed by atoms with van der Waals surface area (Å²) in [7, 11) is 0. The number of esters is 1. The smallest absolute Gasteiger partial charge is 0.343 e. The van der Waals surface area contributed by atoms with Gasteiger partial charge in [-0.05, 0) is 41.2 Å². The first-order chi connectivity index (χ1) is 15.7. The van der Waals surface area contributed by atoms with Crippen LogP contribution in [0.25, 0.3) is 0 Å². The van der Waals surface area contributed by atoms with Crippen LogP contribution in [-0.4, -0.2) is 5.97 Å². The van der Waals surface area contributed by atoms with E-state index >= 15 is 0 Å². The molecule has 1 aliphatic heterocycles. The molecule has 0 amide bonds. The van der Waals surface area contributed by atoms with Crippen LogP contribution in [0, 0.1) is 18.3 Å². The summed E-state index contributed by atoms with van der Waals surface area (Å²) in [6.45, 7) is 8.33. The zero-order valence-electron chi connectivity index (χ0n) is 19.2. The minimum absolute atomic E-state index is 0.0227.